The Balaban J connectivity index is 1.54. The molecule has 2 aliphatic carbocycles. The van der Waals surface area contributed by atoms with Gasteiger partial charge in [-0.15, -0.1) is 0 Å². The zero-order valence-corrected chi connectivity index (χ0v) is 10.9. The molecule has 19 heavy (non-hydrogen) atoms. The predicted octanol–water partition coefficient (Wildman–Crippen LogP) is 1.53. The molecule has 3 rings (SSSR count). The Hall–Kier alpha value is -1.62. The van der Waals surface area contributed by atoms with Crippen LogP contribution in [0.2, 0.25) is 0 Å². The number of rotatable bonds is 6. The van der Waals surface area contributed by atoms with E-state index in [1.165, 1.54) is 25.7 Å². The predicted molar refractivity (Wildman–Crippen MR) is 73.3 cm³/mol. The van der Waals surface area contributed by atoms with Crippen molar-refractivity contribution >= 4 is 11.7 Å². The molecule has 1 heterocycles. The van der Waals surface area contributed by atoms with E-state index in [1.807, 2.05) is 0 Å². The summed E-state index contributed by atoms with van der Waals surface area (Å²) in [4.78, 5) is 16.1. The van der Waals surface area contributed by atoms with Crippen molar-refractivity contribution in [1.29, 1.82) is 0 Å². The SMILES string of the molecule is NNc1ccc(C(=O)NCC(C2CC2)C2CC2)cn1. The van der Waals surface area contributed by atoms with Crippen LogP contribution < -0.4 is 16.6 Å². The van der Waals surface area contributed by atoms with Crippen molar-refractivity contribution in [1.82, 2.24) is 10.3 Å². The minimum Gasteiger partial charge on any atom is -0.352 e. The highest BCUT2D eigenvalue weighted by Crippen LogP contribution is 2.48. The highest BCUT2D eigenvalue weighted by atomic mass is 16.1. The maximum absolute atomic E-state index is 12.0. The van der Waals surface area contributed by atoms with E-state index in [9.17, 15) is 4.79 Å². The van der Waals surface area contributed by atoms with Crippen LogP contribution in [-0.2, 0) is 0 Å². The standard InChI is InChI=1S/C14H20N4O/c15-18-13-6-5-11(7-16-13)14(19)17-8-12(9-1-2-9)10-3-4-10/h5-7,9-10,12H,1-4,8,15H2,(H,16,18)(H,17,19). The van der Waals surface area contributed by atoms with Gasteiger partial charge in [-0.1, -0.05) is 0 Å². The Labute approximate surface area is 112 Å². The number of nitrogens with two attached hydrogens (primary N) is 1. The van der Waals surface area contributed by atoms with Gasteiger partial charge in [-0.2, -0.15) is 0 Å². The Kier molecular flexibility index (Phi) is 3.38. The molecule has 5 nitrogen and oxygen atoms in total. The van der Waals surface area contributed by atoms with Crippen LogP contribution in [0.4, 0.5) is 5.82 Å². The van der Waals surface area contributed by atoms with Gasteiger partial charge in [0.15, 0.2) is 0 Å². The molecule has 0 spiro atoms. The van der Waals surface area contributed by atoms with Crippen LogP contribution in [0.5, 0.6) is 0 Å². The third-order valence-electron chi connectivity index (χ3n) is 4.13. The van der Waals surface area contributed by atoms with Gasteiger partial charge in [-0.3, -0.25) is 4.79 Å². The number of aromatic nitrogens is 1. The lowest BCUT2D eigenvalue weighted by Crippen LogP contribution is -2.31. The summed E-state index contributed by atoms with van der Waals surface area (Å²) in [6.45, 7) is 0.811. The van der Waals surface area contributed by atoms with Crippen LogP contribution in [0.15, 0.2) is 18.3 Å². The molecule has 2 fully saturated rings. The fourth-order valence-electron chi connectivity index (χ4n) is 2.69. The number of amides is 1. The Morgan fingerprint density at radius 1 is 1.32 bits per heavy atom. The summed E-state index contributed by atoms with van der Waals surface area (Å²) in [5.74, 6) is 8.17. The lowest BCUT2D eigenvalue weighted by Gasteiger charge is -2.16. The first-order valence-electron chi connectivity index (χ1n) is 6.99. The number of anilines is 1. The smallest absolute Gasteiger partial charge is 0.252 e. The second-order valence-electron chi connectivity index (χ2n) is 5.63. The maximum Gasteiger partial charge on any atom is 0.252 e. The summed E-state index contributed by atoms with van der Waals surface area (Å²) in [6, 6.07) is 3.44. The van der Waals surface area contributed by atoms with Crippen molar-refractivity contribution in [3.05, 3.63) is 23.9 Å². The molecule has 1 amide bonds. The summed E-state index contributed by atoms with van der Waals surface area (Å²) in [6.07, 6.45) is 6.92. The minimum absolute atomic E-state index is 0.0395. The van der Waals surface area contributed by atoms with E-state index in [-0.39, 0.29) is 5.91 Å². The van der Waals surface area contributed by atoms with Crippen molar-refractivity contribution in [2.45, 2.75) is 25.7 Å². The van der Waals surface area contributed by atoms with Crippen LogP contribution in [0.1, 0.15) is 36.0 Å². The lowest BCUT2D eigenvalue weighted by molar-refractivity contribution is 0.0943. The van der Waals surface area contributed by atoms with Crippen LogP contribution in [0, 0.1) is 17.8 Å². The topological polar surface area (TPSA) is 80.0 Å². The zero-order chi connectivity index (χ0) is 13.2. The number of pyridine rings is 1. The molecule has 1 aromatic heterocycles. The van der Waals surface area contributed by atoms with Gasteiger partial charge < -0.3 is 10.7 Å². The number of nitrogens with one attached hydrogen (secondary N) is 2. The highest BCUT2D eigenvalue weighted by Gasteiger charge is 2.41. The molecule has 0 bridgehead atoms. The number of carbonyl (C=O) groups excluding carboxylic acids is 1. The molecule has 0 unspecified atom stereocenters. The van der Waals surface area contributed by atoms with Crippen molar-refractivity contribution in [3.8, 4) is 0 Å². The van der Waals surface area contributed by atoms with Crippen molar-refractivity contribution in [2.75, 3.05) is 12.0 Å². The van der Waals surface area contributed by atoms with E-state index in [2.05, 4.69) is 15.7 Å². The second kappa shape index (κ2) is 5.17. The monoisotopic (exact) mass is 260 g/mol. The fraction of sp³-hybridized carbons (Fsp3) is 0.571. The summed E-state index contributed by atoms with van der Waals surface area (Å²) >= 11 is 0. The zero-order valence-electron chi connectivity index (χ0n) is 10.9. The number of nitrogens with zero attached hydrogens (tertiary/aromatic N) is 1. The Morgan fingerprint density at radius 2 is 2.00 bits per heavy atom. The second-order valence-corrected chi connectivity index (χ2v) is 5.63. The first-order valence-corrected chi connectivity index (χ1v) is 6.99. The van der Waals surface area contributed by atoms with Crippen LogP contribution in [-0.4, -0.2) is 17.4 Å². The van der Waals surface area contributed by atoms with Gasteiger partial charge in [-0.25, -0.2) is 10.8 Å². The average molecular weight is 260 g/mol. The molecular formula is C14H20N4O. The van der Waals surface area contributed by atoms with Crippen molar-refractivity contribution < 1.29 is 4.79 Å². The molecule has 4 N–H and O–H groups in total. The van der Waals surface area contributed by atoms with E-state index in [0.717, 1.165) is 18.4 Å². The maximum atomic E-state index is 12.0. The summed E-state index contributed by atoms with van der Waals surface area (Å²) in [7, 11) is 0. The first-order chi connectivity index (χ1) is 9.28. The number of hydrazine groups is 1. The normalized spacial score (nSPS) is 18.4. The van der Waals surface area contributed by atoms with Crippen molar-refractivity contribution in [3.63, 3.8) is 0 Å². The van der Waals surface area contributed by atoms with Crippen molar-refractivity contribution in [2.24, 2.45) is 23.6 Å². The number of hydrogen-bond donors (Lipinski definition) is 3. The first kappa shape index (κ1) is 12.4. The van der Waals surface area contributed by atoms with E-state index >= 15 is 0 Å². The highest BCUT2D eigenvalue weighted by molar-refractivity contribution is 5.94. The van der Waals surface area contributed by atoms with Crippen LogP contribution in [0.3, 0.4) is 0 Å². The molecule has 2 aliphatic rings. The fourth-order valence-corrected chi connectivity index (χ4v) is 2.69. The van der Waals surface area contributed by atoms with Gasteiger partial charge in [0.25, 0.3) is 5.91 Å². The van der Waals surface area contributed by atoms with Gasteiger partial charge in [0.05, 0.1) is 5.56 Å². The number of hydrogen-bond acceptors (Lipinski definition) is 4. The van der Waals surface area contributed by atoms with E-state index in [1.54, 1.807) is 18.3 Å². The summed E-state index contributed by atoms with van der Waals surface area (Å²) in [5, 5.41) is 3.05. The third-order valence-corrected chi connectivity index (χ3v) is 4.13. The molecule has 0 aliphatic heterocycles. The molecule has 2 saturated carbocycles. The molecular weight excluding hydrogens is 240 g/mol. The number of nitrogen functional groups attached to an aromatic ring is 1. The van der Waals surface area contributed by atoms with Crippen LogP contribution >= 0.6 is 0 Å². The molecule has 0 aromatic carbocycles. The average Bonchev–Trinajstić information content (AvgIpc) is 3.31. The number of carbonyl (C=O) groups is 1. The summed E-state index contributed by atoms with van der Waals surface area (Å²) in [5.41, 5.74) is 3.03. The molecule has 5 heteroatoms. The van der Waals surface area contributed by atoms with Gasteiger partial charge in [0, 0.05) is 12.7 Å². The molecule has 0 radical (unpaired) electrons. The van der Waals surface area contributed by atoms with Gasteiger partial charge in [-0.05, 0) is 55.6 Å². The minimum atomic E-state index is -0.0395. The quantitative estimate of drug-likeness (QED) is 0.535. The molecule has 102 valence electrons. The summed E-state index contributed by atoms with van der Waals surface area (Å²) < 4.78 is 0. The van der Waals surface area contributed by atoms with Crippen LogP contribution in [0.25, 0.3) is 0 Å². The lowest BCUT2D eigenvalue weighted by atomic mass is 9.98. The Bertz CT molecular complexity index is 439. The Morgan fingerprint density at radius 3 is 2.47 bits per heavy atom. The molecule has 0 saturated heterocycles. The van der Waals surface area contributed by atoms with Gasteiger partial charge >= 0.3 is 0 Å². The largest absolute Gasteiger partial charge is 0.352 e. The van der Waals surface area contributed by atoms with Gasteiger partial charge in [0.1, 0.15) is 5.82 Å². The molecule has 0 atom stereocenters. The van der Waals surface area contributed by atoms with E-state index in [4.69, 9.17) is 5.84 Å². The van der Waals surface area contributed by atoms with E-state index < -0.39 is 0 Å². The third kappa shape index (κ3) is 3.04. The van der Waals surface area contributed by atoms with E-state index in [0.29, 0.717) is 17.3 Å². The molecule has 1 aromatic rings. The van der Waals surface area contributed by atoms with Gasteiger partial charge in [0.2, 0.25) is 0 Å².